The Morgan fingerprint density at radius 3 is 2.41 bits per heavy atom. The number of rotatable bonds is 3. The van der Waals surface area contributed by atoms with Crippen molar-refractivity contribution in [2.24, 2.45) is 0 Å². The van der Waals surface area contributed by atoms with Gasteiger partial charge in [-0.25, -0.2) is 9.97 Å². The molecule has 4 nitrogen and oxygen atoms in total. The van der Waals surface area contributed by atoms with Crippen LogP contribution in [-0.4, -0.2) is 9.97 Å². The minimum Gasteiger partial charge on any atom is -0.472 e. The standard InChI is InChI=1S/C11H9Cl2N3O/c12-8-2-1-3-9(13)7(8)6-17-11-5-15-10(14)4-16-11/h1-5H,6H2,(H2,14,15). The zero-order chi connectivity index (χ0) is 12.3. The largest absolute Gasteiger partial charge is 0.472 e. The quantitative estimate of drug-likeness (QED) is 0.931. The number of nitrogens with zero attached hydrogens (tertiary/aromatic N) is 2. The fourth-order valence-corrected chi connectivity index (χ4v) is 1.72. The summed E-state index contributed by atoms with van der Waals surface area (Å²) >= 11 is 12.0. The van der Waals surface area contributed by atoms with Gasteiger partial charge in [0, 0.05) is 15.6 Å². The van der Waals surface area contributed by atoms with Crippen LogP contribution in [0.4, 0.5) is 5.82 Å². The molecule has 2 rings (SSSR count). The molecule has 0 amide bonds. The van der Waals surface area contributed by atoms with E-state index in [1.165, 1.54) is 12.4 Å². The molecule has 2 N–H and O–H groups in total. The fourth-order valence-electron chi connectivity index (χ4n) is 1.22. The number of anilines is 1. The van der Waals surface area contributed by atoms with Crippen LogP contribution in [0.3, 0.4) is 0 Å². The van der Waals surface area contributed by atoms with Crippen LogP contribution >= 0.6 is 23.2 Å². The van der Waals surface area contributed by atoms with Crippen LogP contribution in [0.5, 0.6) is 5.88 Å². The Labute approximate surface area is 108 Å². The Morgan fingerprint density at radius 1 is 1.12 bits per heavy atom. The molecule has 0 bridgehead atoms. The second-order valence-corrected chi connectivity index (χ2v) is 4.08. The van der Waals surface area contributed by atoms with Crippen molar-refractivity contribution in [3.8, 4) is 5.88 Å². The van der Waals surface area contributed by atoms with Crippen molar-refractivity contribution in [1.82, 2.24) is 9.97 Å². The van der Waals surface area contributed by atoms with Crippen molar-refractivity contribution in [2.75, 3.05) is 5.73 Å². The molecule has 1 aromatic heterocycles. The number of nitrogens with two attached hydrogens (primary N) is 1. The highest BCUT2D eigenvalue weighted by Crippen LogP contribution is 2.25. The van der Waals surface area contributed by atoms with Gasteiger partial charge in [-0.1, -0.05) is 29.3 Å². The van der Waals surface area contributed by atoms with Crippen LogP contribution in [-0.2, 0) is 6.61 Å². The van der Waals surface area contributed by atoms with Gasteiger partial charge < -0.3 is 10.5 Å². The average Bonchev–Trinajstić information content (AvgIpc) is 2.31. The van der Waals surface area contributed by atoms with Crippen LogP contribution in [0, 0.1) is 0 Å². The van der Waals surface area contributed by atoms with Crippen LogP contribution in [0.2, 0.25) is 10.0 Å². The molecule has 1 aromatic carbocycles. The first-order valence-corrected chi connectivity index (χ1v) is 5.55. The van der Waals surface area contributed by atoms with Gasteiger partial charge in [-0.3, -0.25) is 0 Å². The predicted octanol–water partition coefficient (Wildman–Crippen LogP) is 2.94. The lowest BCUT2D eigenvalue weighted by Gasteiger charge is -2.08. The number of nitrogen functional groups attached to an aromatic ring is 1. The number of benzene rings is 1. The molecule has 0 spiro atoms. The highest BCUT2D eigenvalue weighted by molar-refractivity contribution is 6.35. The van der Waals surface area contributed by atoms with Gasteiger partial charge in [0.1, 0.15) is 12.4 Å². The maximum absolute atomic E-state index is 6.00. The summed E-state index contributed by atoms with van der Waals surface area (Å²) < 4.78 is 5.41. The third kappa shape index (κ3) is 2.99. The summed E-state index contributed by atoms with van der Waals surface area (Å²) in [6, 6.07) is 5.28. The third-order valence-corrected chi connectivity index (χ3v) is 2.78. The van der Waals surface area contributed by atoms with E-state index < -0.39 is 0 Å². The van der Waals surface area contributed by atoms with E-state index >= 15 is 0 Å². The summed E-state index contributed by atoms with van der Waals surface area (Å²) in [6.45, 7) is 0.233. The van der Waals surface area contributed by atoms with Gasteiger partial charge in [0.25, 0.3) is 0 Å². The number of aromatic nitrogens is 2. The van der Waals surface area contributed by atoms with E-state index in [1.54, 1.807) is 18.2 Å². The summed E-state index contributed by atoms with van der Waals surface area (Å²) in [4.78, 5) is 7.82. The predicted molar refractivity (Wildman–Crippen MR) is 67.2 cm³/mol. The van der Waals surface area contributed by atoms with Gasteiger partial charge in [0.15, 0.2) is 0 Å². The summed E-state index contributed by atoms with van der Waals surface area (Å²) in [5.74, 6) is 0.711. The lowest BCUT2D eigenvalue weighted by atomic mass is 10.2. The average molecular weight is 270 g/mol. The second kappa shape index (κ2) is 5.21. The summed E-state index contributed by atoms with van der Waals surface area (Å²) in [7, 11) is 0. The van der Waals surface area contributed by atoms with E-state index in [0.29, 0.717) is 21.7 Å². The Hall–Kier alpha value is -1.52. The fraction of sp³-hybridized carbons (Fsp3) is 0.0909. The van der Waals surface area contributed by atoms with Crippen LogP contribution in [0.15, 0.2) is 30.6 Å². The zero-order valence-electron chi connectivity index (χ0n) is 8.73. The second-order valence-electron chi connectivity index (χ2n) is 3.27. The SMILES string of the molecule is Nc1cnc(OCc2c(Cl)cccc2Cl)cn1. The molecule has 0 saturated carbocycles. The molecular formula is C11H9Cl2N3O. The molecule has 0 aliphatic carbocycles. The van der Waals surface area contributed by atoms with E-state index in [-0.39, 0.29) is 6.61 Å². The van der Waals surface area contributed by atoms with Crippen molar-refractivity contribution in [1.29, 1.82) is 0 Å². The summed E-state index contributed by atoms with van der Waals surface area (Å²) in [5.41, 5.74) is 6.13. The number of hydrogen-bond donors (Lipinski definition) is 1. The van der Waals surface area contributed by atoms with E-state index in [2.05, 4.69) is 9.97 Å². The molecule has 0 atom stereocenters. The molecule has 0 saturated heterocycles. The van der Waals surface area contributed by atoms with Crippen molar-refractivity contribution in [3.05, 3.63) is 46.2 Å². The maximum atomic E-state index is 6.00. The minimum atomic E-state index is 0.233. The topological polar surface area (TPSA) is 61.0 Å². The Balaban J connectivity index is 2.10. The third-order valence-electron chi connectivity index (χ3n) is 2.07. The highest BCUT2D eigenvalue weighted by atomic mass is 35.5. The summed E-state index contributed by atoms with van der Waals surface area (Å²) in [5, 5.41) is 1.11. The monoisotopic (exact) mass is 269 g/mol. The van der Waals surface area contributed by atoms with Crippen LogP contribution in [0.1, 0.15) is 5.56 Å². The van der Waals surface area contributed by atoms with Crippen LogP contribution in [0.25, 0.3) is 0 Å². The van der Waals surface area contributed by atoms with Crippen molar-refractivity contribution in [2.45, 2.75) is 6.61 Å². The first-order valence-electron chi connectivity index (χ1n) is 4.80. The normalized spacial score (nSPS) is 10.2. The minimum absolute atomic E-state index is 0.233. The highest BCUT2D eigenvalue weighted by Gasteiger charge is 2.06. The van der Waals surface area contributed by atoms with Crippen molar-refractivity contribution < 1.29 is 4.74 Å². The lowest BCUT2D eigenvalue weighted by molar-refractivity contribution is 0.293. The smallest absolute Gasteiger partial charge is 0.232 e. The van der Waals surface area contributed by atoms with E-state index in [1.807, 2.05) is 0 Å². The van der Waals surface area contributed by atoms with Gasteiger partial charge in [-0.05, 0) is 12.1 Å². The molecule has 17 heavy (non-hydrogen) atoms. The number of ether oxygens (including phenoxy) is 1. The molecule has 88 valence electrons. The molecule has 1 heterocycles. The molecule has 0 unspecified atom stereocenters. The molecule has 0 aliphatic heterocycles. The van der Waals surface area contributed by atoms with Gasteiger partial charge in [0.2, 0.25) is 5.88 Å². The van der Waals surface area contributed by atoms with Gasteiger partial charge in [-0.15, -0.1) is 0 Å². The molecule has 6 heteroatoms. The van der Waals surface area contributed by atoms with Gasteiger partial charge in [-0.2, -0.15) is 0 Å². The van der Waals surface area contributed by atoms with Gasteiger partial charge in [0.05, 0.1) is 12.4 Å². The van der Waals surface area contributed by atoms with Gasteiger partial charge >= 0.3 is 0 Å². The van der Waals surface area contributed by atoms with E-state index in [0.717, 1.165) is 5.56 Å². The molecule has 2 aromatic rings. The van der Waals surface area contributed by atoms with Crippen LogP contribution < -0.4 is 10.5 Å². The number of hydrogen-bond acceptors (Lipinski definition) is 4. The number of halogens is 2. The molecule has 0 radical (unpaired) electrons. The first-order chi connectivity index (χ1) is 8.16. The Bertz CT molecular complexity index is 496. The first kappa shape index (κ1) is 12.0. The Kier molecular flexibility index (Phi) is 3.66. The van der Waals surface area contributed by atoms with Crippen molar-refractivity contribution in [3.63, 3.8) is 0 Å². The van der Waals surface area contributed by atoms with Crippen molar-refractivity contribution >= 4 is 29.0 Å². The molecular weight excluding hydrogens is 261 g/mol. The van der Waals surface area contributed by atoms with E-state index in [9.17, 15) is 0 Å². The zero-order valence-corrected chi connectivity index (χ0v) is 10.2. The lowest BCUT2D eigenvalue weighted by Crippen LogP contribution is -2.00. The summed E-state index contributed by atoms with van der Waals surface area (Å²) in [6.07, 6.45) is 2.86. The maximum Gasteiger partial charge on any atom is 0.232 e. The van der Waals surface area contributed by atoms with E-state index in [4.69, 9.17) is 33.7 Å². The molecule has 0 aliphatic rings. The molecule has 0 fully saturated rings. The Morgan fingerprint density at radius 2 is 1.82 bits per heavy atom.